The number of rotatable bonds is 6. The van der Waals surface area contributed by atoms with Crippen LogP contribution in [0.25, 0.3) is 11.2 Å². The van der Waals surface area contributed by atoms with E-state index in [1.165, 1.54) is 17.2 Å². The van der Waals surface area contributed by atoms with Gasteiger partial charge in [-0.25, -0.2) is 9.36 Å². The Balaban J connectivity index is 1.83. The lowest BCUT2D eigenvalue weighted by atomic mass is 10.1. The Morgan fingerprint density at radius 2 is 1.90 bits per heavy atom. The molecule has 9 nitrogen and oxygen atoms in total. The highest BCUT2D eigenvalue weighted by Crippen LogP contribution is 2.31. The zero-order valence-electron chi connectivity index (χ0n) is 17.2. The van der Waals surface area contributed by atoms with Crippen LogP contribution in [0.3, 0.4) is 0 Å². The van der Waals surface area contributed by atoms with Crippen molar-refractivity contribution in [3.63, 3.8) is 0 Å². The van der Waals surface area contributed by atoms with E-state index in [0.29, 0.717) is 12.5 Å². The molecule has 2 aromatic heterocycles. The number of anilines is 2. The fourth-order valence-electron chi connectivity index (χ4n) is 4.01. The van der Waals surface area contributed by atoms with Crippen LogP contribution in [-0.4, -0.2) is 36.3 Å². The number of carboxylic acid groups (broad SMARTS) is 1. The molecule has 3 heterocycles. The van der Waals surface area contributed by atoms with Crippen molar-refractivity contribution in [2.75, 3.05) is 11.4 Å². The first kappa shape index (κ1) is 19.9. The van der Waals surface area contributed by atoms with E-state index >= 15 is 0 Å². The van der Waals surface area contributed by atoms with E-state index in [2.05, 4.69) is 36.2 Å². The van der Waals surface area contributed by atoms with Crippen LogP contribution in [0.5, 0.6) is 0 Å². The summed E-state index contributed by atoms with van der Waals surface area (Å²) in [6, 6.07) is 8.34. The lowest BCUT2D eigenvalue weighted by molar-refractivity contribution is -0.137. The van der Waals surface area contributed by atoms with Gasteiger partial charge in [-0.2, -0.15) is 4.98 Å². The van der Waals surface area contributed by atoms with E-state index in [9.17, 15) is 14.4 Å². The van der Waals surface area contributed by atoms with Crippen molar-refractivity contribution in [1.82, 2.24) is 18.7 Å². The van der Waals surface area contributed by atoms with Crippen LogP contribution in [0.2, 0.25) is 0 Å². The van der Waals surface area contributed by atoms with Crippen LogP contribution >= 0.6 is 0 Å². The summed E-state index contributed by atoms with van der Waals surface area (Å²) >= 11 is 0. The third kappa shape index (κ3) is 3.30. The Labute approximate surface area is 172 Å². The average Bonchev–Trinajstić information content (AvgIpc) is 3.14. The summed E-state index contributed by atoms with van der Waals surface area (Å²) in [5.74, 6) is -0.644. The number of nitrogens with zero attached hydrogens (tertiary/aromatic N) is 5. The number of unbranched alkanes of at least 4 members (excludes halogenated alkanes) is 1. The Hall–Kier alpha value is -3.36. The van der Waals surface area contributed by atoms with E-state index in [1.807, 2.05) is 4.90 Å². The zero-order chi connectivity index (χ0) is 21.4. The zero-order valence-corrected chi connectivity index (χ0v) is 17.2. The smallest absolute Gasteiger partial charge is 0.333 e. The Morgan fingerprint density at radius 3 is 2.57 bits per heavy atom. The minimum atomic E-state index is -1.24. The molecule has 0 radical (unpaired) electrons. The first-order valence-corrected chi connectivity index (χ1v) is 10.2. The molecule has 30 heavy (non-hydrogen) atoms. The number of aromatic nitrogens is 4. The van der Waals surface area contributed by atoms with Crippen molar-refractivity contribution in [3.8, 4) is 0 Å². The van der Waals surface area contributed by atoms with Crippen LogP contribution in [0.1, 0.15) is 31.7 Å². The molecule has 3 aromatic rings. The average molecular weight is 411 g/mol. The van der Waals surface area contributed by atoms with Gasteiger partial charge in [0.25, 0.3) is 5.56 Å². The Morgan fingerprint density at radius 1 is 1.17 bits per heavy atom. The number of hydrogen-bond donors (Lipinski definition) is 1. The van der Waals surface area contributed by atoms with Gasteiger partial charge in [0.05, 0.1) is 0 Å². The van der Waals surface area contributed by atoms with Gasteiger partial charge in [-0.05, 0) is 37.0 Å². The Kier molecular flexibility index (Phi) is 5.19. The van der Waals surface area contributed by atoms with Gasteiger partial charge in [0.15, 0.2) is 11.2 Å². The molecule has 0 amide bonds. The van der Waals surface area contributed by atoms with Crippen LogP contribution in [-0.2, 0) is 31.4 Å². The van der Waals surface area contributed by atoms with E-state index < -0.39 is 23.8 Å². The third-order valence-corrected chi connectivity index (χ3v) is 5.58. The van der Waals surface area contributed by atoms with Crippen molar-refractivity contribution < 1.29 is 9.90 Å². The fraction of sp³-hybridized carbons (Fsp3) is 0.429. The van der Waals surface area contributed by atoms with Crippen molar-refractivity contribution in [3.05, 3.63) is 50.7 Å². The SMILES string of the molecule is CCCCc1ccc(N2CCCn3c2nc2c3c(=O)n(CC(=O)O)c(=O)n2C)cc1. The van der Waals surface area contributed by atoms with E-state index in [0.717, 1.165) is 42.5 Å². The minimum Gasteiger partial charge on any atom is -0.480 e. The molecule has 158 valence electrons. The summed E-state index contributed by atoms with van der Waals surface area (Å²) in [6.45, 7) is 2.82. The largest absolute Gasteiger partial charge is 0.480 e. The molecule has 0 bridgehead atoms. The van der Waals surface area contributed by atoms with E-state index in [4.69, 9.17) is 5.11 Å². The van der Waals surface area contributed by atoms with Gasteiger partial charge in [0, 0.05) is 25.8 Å². The molecule has 1 aliphatic rings. The maximum absolute atomic E-state index is 13.0. The first-order chi connectivity index (χ1) is 14.4. The number of benzene rings is 1. The van der Waals surface area contributed by atoms with Crippen LogP contribution in [0.4, 0.5) is 11.6 Å². The maximum atomic E-state index is 13.0. The second kappa shape index (κ2) is 7.81. The maximum Gasteiger partial charge on any atom is 0.333 e. The van der Waals surface area contributed by atoms with Crippen LogP contribution < -0.4 is 16.1 Å². The number of carboxylic acids is 1. The Bertz CT molecular complexity index is 1220. The highest BCUT2D eigenvalue weighted by molar-refractivity contribution is 5.77. The topological polar surface area (TPSA) is 102 Å². The number of hydrogen-bond acceptors (Lipinski definition) is 5. The number of carbonyl (C=O) groups is 1. The summed E-state index contributed by atoms with van der Waals surface area (Å²) in [6.07, 6.45) is 4.14. The molecule has 1 aromatic carbocycles. The highest BCUT2D eigenvalue weighted by Gasteiger charge is 2.27. The molecular formula is C21H25N5O4. The fourth-order valence-corrected chi connectivity index (χ4v) is 4.01. The second-order valence-corrected chi connectivity index (χ2v) is 7.64. The molecule has 9 heteroatoms. The van der Waals surface area contributed by atoms with Crippen molar-refractivity contribution in [1.29, 1.82) is 0 Å². The van der Waals surface area contributed by atoms with Crippen LogP contribution in [0, 0.1) is 0 Å². The summed E-state index contributed by atoms with van der Waals surface area (Å²) in [5.41, 5.74) is 1.49. The molecule has 0 fully saturated rings. The summed E-state index contributed by atoms with van der Waals surface area (Å²) in [5, 5.41) is 9.10. The standard InChI is InChI=1S/C21H25N5O4/c1-3-4-6-14-7-9-15(10-8-14)24-11-5-12-25-17-18(22-20(24)25)23(2)21(30)26(19(17)29)13-16(27)28/h7-10H,3-6,11-13H2,1-2H3,(H,27,28). The molecule has 0 atom stereocenters. The predicted octanol–water partition coefficient (Wildman–Crippen LogP) is 1.87. The van der Waals surface area contributed by atoms with Gasteiger partial charge in [-0.15, -0.1) is 0 Å². The first-order valence-electron chi connectivity index (χ1n) is 10.2. The molecule has 4 rings (SSSR count). The second-order valence-electron chi connectivity index (χ2n) is 7.64. The van der Waals surface area contributed by atoms with Gasteiger partial charge < -0.3 is 14.6 Å². The van der Waals surface area contributed by atoms with Crippen molar-refractivity contribution in [2.24, 2.45) is 7.05 Å². The number of aryl methyl sites for hydroxylation is 3. The summed E-state index contributed by atoms with van der Waals surface area (Å²) in [4.78, 5) is 43.3. The van der Waals surface area contributed by atoms with Gasteiger partial charge >= 0.3 is 11.7 Å². The summed E-state index contributed by atoms with van der Waals surface area (Å²) in [7, 11) is 1.51. The molecule has 0 unspecified atom stereocenters. The molecule has 1 N–H and O–H groups in total. The molecule has 0 saturated heterocycles. The summed E-state index contributed by atoms with van der Waals surface area (Å²) < 4.78 is 3.79. The van der Waals surface area contributed by atoms with Gasteiger partial charge in [0.2, 0.25) is 5.95 Å². The quantitative estimate of drug-likeness (QED) is 0.664. The van der Waals surface area contributed by atoms with E-state index in [1.54, 1.807) is 4.57 Å². The van der Waals surface area contributed by atoms with Crippen molar-refractivity contribution >= 4 is 28.8 Å². The van der Waals surface area contributed by atoms with E-state index in [-0.39, 0.29) is 11.2 Å². The molecule has 1 aliphatic heterocycles. The molecule has 0 spiro atoms. The third-order valence-electron chi connectivity index (χ3n) is 5.58. The number of fused-ring (bicyclic) bond motifs is 3. The predicted molar refractivity (Wildman–Crippen MR) is 114 cm³/mol. The van der Waals surface area contributed by atoms with Gasteiger partial charge in [-0.1, -0.05) is 25.5 Å². The monoisotopic (exact) mass is 411 g/mol. The minimum absolute atomic E-state index is 0.262. The highest BCUT2D eigenvalue weighted by atomic mass is 16.4. The van der Waals surface area contributed by atoms with Crippen LogP contribution in [0.15, 0.2) is 33.9 Å². The molecular weight excluding hydrogens is 386 g/mol. The normalized spacial score (nSPS) is 13.6. The lowest BCUT2D eigenvalue weighted by Crippen LogP contribution is -2.41. The van der Waals surface area contributed by atoms with Gasteiger partial charge in [-0.3, -0.25) is 14.2 Å². The van der Waals surface area contributed by atoms with Crippen molar-refractivity contribution in [2.45, 2.75) is 45.7 Å². The number of imidazole rings is 1. The molecule has 0 aliphatic carbocycles. The molecule has 0 saturated carbocycles. The number of aliphatic carboxylic acids is 1. The van der Waals surface area contributed by atoms with Gasteiger partial charge in [0.1, 0.15) is 6.54 Å². The lowest BCUT2D eigenvalue weighted by Gasteiger charge is -2.29.